The topological polar surface area (TPSA) is 92.1 Å². The summed E-state index contributed by atoms with van der Waals surface area (Å²) in [5.41, 5.74) is 6.96. The van der Waals surface area contributed by atoms with Gasteiger partial charge in [0.15, 0.2) is 5.78 Å². The minimum absolute atomic E-state index is 0.0174. The van der Waals surface area contributed by atoms with E-state index < -0.39 is 0 Å². The Morgan fingerprint density at radius 3 is 2.88 bits per heavy atom. The Morgan fingerprint density at radius 1 is 1.33 bits per heavy atom. The Hall–Kier alpha value is -2.51. The van der Waals surface area contributed by atoms with Crippen LogP contribution in [-0.2, 0) is 6.54 Å². The Kier molecular flexibility index (Phi) is 4.46. The quantitative estimate of drug-likeness (QED) is 0.693. The number of nitrogens with two attached hydrogens (primary N) is 1. The molecule has 2 aromatic heterocycles. The molecule has 3 aromatic rings. The molecule has 0 aliphatic heterocycles. The summed E-state index contributed by atoms with van der Waals surface area (Å²) in [5, 5.41) is 1.56. The molecule has 0 aliphatic rings. The van der Waals surface area contributed by atoms with Crippen LogP contribution >= 0.6 is 11.3 Å². The summed E-state index contributed by atoms with van der Waals surface area (Å²) < 4.78 is 0. The summed E-state index contributed by atoms with van der Waals surface area (Å²) in [6.07, 6.45) is 0. The van der Waals surface area contributed by atoms with Crippen LogP contribution in [0.3, 0.4) is 0 Å². The van der Waals surface area contributed by atoms with E-state index >= 15 is 0 Å². The Labute approximate surface area is 142 Å². The van der Waals surface area contributed by atoms with Crippen molar-refractivity contribution in [3.63, 3.8) is 0 Å². The fraction of sp³-hybridized carbons (Fsp3) is 0.235. The van der Waals surface area contributed by atoms with Crippen LogP contribution in [0.4, 0.5) is 5.00 Å². The number of nitrogens with zero attached hydrogens (tertiary/aromatic N) is 2. The van der Waals surface area contributed by atoms with Crippen LogP contribution in [0.1, 0.15) is 21.1 Å². The van der Waals surface area contributed by atoms with Crippen molar-refractivity contribution in [1.82, 2.24) is 9.97 Å². The van der Waals surface area contributed by atoms with Gasteiger partial charge in [0.2, 0.25) is 0 Å². The number of thiophene rings is 1. The van der Waals surface area contributed by atoms with Gasteiger partial charge in [-0.25, -0.2) is 4.98 Å². The summed E-state index contributed by atoms with van der Waals surface area (Å²) in [4.78, 5) is 33.5. The minimum Gasteiger partial charge on any atom is -0.362 e. The van der Waals surface area contributed by atoms with E-state index in [4.69, 9.17) is 5.73 Å². The molecular weight excluding hydrogens is 324 g/mol. The summed E-state index contributed by atoms with van der Waals surface area (Å²) in [7, 11) is 1.95. The molecule has 0 saturated carbocycles. The third-order valence-corrected chi connectivity index (χ3v) is 4.98. The van der Waals surface area contributed by atoms with Gasteiger partial charge in [-0.1, -0.05) is 6.07 Å². The van der Waals surface area contributed by atoms with Gasteiger partial charge >= 0.3 is 0 Å². The molecule has 3 N–H and O–H groups in total. The molecule has 0 bridgehead atoms. The van der Waals surface area contributed by atoms with Gasteiger partial charge in [0.1, 0.15) is 5.82 Å². The van der Waals surface area contributed by atoms with Gasteiger partial charge in [0.05, 0.1) is 27.3 Å². The van der Waals surface area contributed by atoms with Gasteiger partial charge in [-0.05, 0) is 36.8 Å². The standard InChI is InChI=1S/C17H18N4O2S/c1-10-19-13-4-3-11(7-12(13)17(23)20-10)9-21(2)16-6-5-15(24-16)14(22)8-18/h3-7H,8-9,18H2,1-2H3,(H,19,20,23). The first-order chi connectivity index (χ1) is 11.5. The fourth-order valence-electron chi connectivity index (χ4n) is 2.54. The number of rotatable bonds is 5. The van der Waals surface area contributed by atoms with Crippen molar-refractivity contribution in [3.05, 3.63) is 57.0 Å². The first-order valence-corrected chi connectivity index (χ1v) is 8.33. The molecule has 0 radical (unpaired) electrons. The SMILES string of the molecule is Cc1nc2ccc(CN(C)c3ccc(C(=O)CN)s3)cc2c(=O)[nH]1. The first-order valence-electron chi connectivity index (χ1n) is 7.51. The summed E-state index contributed by atoms with van der Waals surface area (Å²) in [6, 6.07) is 9.38. The van der Waals surface area contributed by atoms with Gasteiger partial charge in [0, 0.05) is 13.6 Å². The van der Waals surface area contributed by atoms with Crippen LogP contribution in [0, 0.1) is 6.92 Å². The molecular formula is C17H18N4O2S. The van der Waals surface area contributed by atoms with Gasteiger partial charge in [-0.2, -0.15) is 0 Å². The minimum atomic E-state index is -0.131. The summed E-state index contributed by atoms with van der Waals surface area (Å²) >= 11 is 1.42. The van der Waals surface area contributed by atoms with E-state index in [1.54, 1.807) is 13.0 Å². The van der Waals surface area contributed by atoms with Crippen LogP contribution < -0.4 is 16.2 Å². The van der Waals surface area contributed by atoms with E-state index in [-0.39, 0.29) is 17.9 Å². The van der Waals surface area contributed by atoms with Crippen LogP contribution in [0.2, 0.25) is 0 Å². The second-order valence-electron chi connectivity index (χ2n) is 5.62. The molecule has 0 aliphatic carbocycles. The van der Waals surface area contributed by atoms with Crippen molar-refractivity contribution >= 4 is 33.0 Å². The molecule has 24 heavy (non-hydrogen) atoms. The molecule has 124 valence electrons. The second kappa shape index (κ2) is 6.54. The molecule has 0 saturated heterocycles. The lowest BCUT2D eigenvalue weighted by molar-refractivity contribution is 0.100. The maximum Gasteiger partial charge on any atom is 0.258 e. The number of aromatic nitrogens is 2. The molecule has 6 nitrogen and oxygen atoms in total. The molecule has 0 amide bonds. The number of aryl methyl sites for hydroxylation is 1. The lowest BCUT2D eigenvalue weighted by atomic mass is 10.1. The van der Waals surface area contributed by atoms with Gasteiger partial charge in [0.25, 0.3) is 5.56 Å². The summed E-state index contributed by atoms with van der Waals surface area (Å²) in [6.45, 7) is 2.41. The molecule has 1 aromatic carbocycles. The number of fused-ring (bicyclic) bond motifs is 1. The van der Waals surface area contributed by atoms with Crippen molar-refractivity contribution in [2.24, 2.45) is 5.73 Å². The fourth-order valence-corrected chi connectivity index (χ4v) is 3.45. The second-order valence-corrected chi connectivity index (χ2v) is 6.69. The average Bonchev–Trinajstić information content (AvgIpc) is 3.04. The molecule has 0 atom stereocenters. The smallest absolute Gasteiger partial charge is 0.258 e. The number of carbonyl (C=O) groups is 1. The highest BCUT2D eigenvalue weighted by atomic mass is 32.1. The van der Waals surface area contributed by atoms with Gasteiger partial charge in [-0.15, -0.1) is 11.3 Å². The van der Waals surface area contributed by atoms with E-state index in [1.165, 1.54) is 11.3 Å². The number of aromatic amines is 1. The number of anilines is 1. The van der Waals surface area contributed by atoms with Gasteiger partial charge in [-0.3, -0.25) is 9.59 Å². The highest BCUT2D eigenvalue weighted by molar-refractivity contribution is 7.18. The maximum absolute atomic E-state index is 12.1. The predicted octanol–water partition coefficient (Wildman–Crippen LogP) is 2.07. The number of Topliss-reactive ketones (excluding diaryl/α,β-unsaturated/α-hetero) is 1. The molecule has 0 unspecified atom stereocenters. The zero-order valence-corrected chi connectivity index (χ0v) is 14.3. The van der Waals surface area contributed by atoms with Crippen LogP contribution in [0.5, 0.6) is 0 Å². The van der Waals surface area contributed by atoms with Crippen molar-refractivity contribution in [2.75, 3.05) is 18.5 Å². The summed E-state index contributed by atoms with van der Waals surface area (Å²) in [5.74, 6) is 0.548. The normalized spacial score (nSPS) is 11.0. The first kappa shape index (κ1) is 16.4. The number of nitrogens with one attached hydrogen (secondary N) is 1. The monoisotopic (exact) mass is 342 g/mol. The Morgan fingerprint density at radius 2 is 2.12 bits per heavy atom. The Balaban J connectivity index is 1.85. The van der Waals surface area contributed by atoms with E-state index in [0.29, 0.717) is 28.1 Å². The molecule has 0 spiro atoms. The predicted molar refractivity (Wildman–Crippen MR) is 96.9 cm³/mol. The molecule has 3 rings (SSSR count). The molecule has 2 heterocycles. The number of ketones is 1. The number of H-pyrrole nitrogens is 1. The van der Waals surface area contributed by atoms with E-state index in [1.807, 2.05) is 36.2 Å². The number of carbonyl (C=O) groups excluding carboxylic acids is 1. The average molecular weight is 342 g/mol. The lowest BCUT2D eigenvalue weighted by Crippen LogP contribution is -2.16. The number of benzene rings is 1. The zero-order valence-electron chi connectivity index (χ0n) is 13.5. The van der Waals surface area contributed by atoms with Crippen molar-refractivity contribution < 1.29 is 4.79 Å². The number of hydrogen-bond donors (Lipinski definition) is 2. The zero-order chi connectivity index (χ0) is 17.3. The van der Waals surface area contributed by atoms with Crippen molar-refractivity contribution in [3.8, 4) is 0 Å². The number of hydrogen-bond acceptors (Lipinski definition) is 6. The van der Waals surface area contributed by atoms with Crippen molar-refractivity contribution in [1.29, 1.82) is 0 Å². The third-order valence-electron chi connectivity index (χ3n) is 3.74. The largest absolute Gasteiger partial charge is 0.362 e. The van der Waals surface area contributed by atoms with Crippen LogP contribution in [0.25, 0.3) is 10.9 Å². The van der Waals surface area contributed by atoms with E-state index in [9.17, 15) is 9.59 Å². The van der Waals surface area contributed by atoms with Gasteiger partial charge < -0.3 is 15.6 Å². The van der Waals surface area contributed by atoms with Crippen LogP contribution in [0.15, 0.2) is 35.1 Å². The van der Waals surface area contributed by atoms with Crippen molar-refractivity contribution in [2.45, 2.75) is 13.5 Å². The highest BCUT2D eigenvalue weighted by Gasteiger charge is 2.11. The highest BCUT2D eigenvalue weighted by Crippen LogP contribution is 2.26. The molecule has 0 fully saturated rings. The van der Waals surface area contributed by atoms with E-state index in [0.717, 1.165) is 10.6 Å². The molecule has 7 heteroatoms. The Bertz CT molecular complexity index is 961. The van der Waals surface area contributed by atoms with E-state index in [2.05, 4.69) is 9.97 Å². The third kappa shape index (κ3) is 3.22. The van der Waals surface area contributed by atoms with Crippen LogP contribution in [-0.4, -0.2) is 29.3 Å². The lowest BCUT2D eigenvalue weighted by Gasteiger charge is -2.17. The maximum atomic E-state index is 12.1.